The Kier molecular flexibility index (Phi) is 4.78. The summed E-state index contributed by atoms with van der Waals surface area (Å²) in [6.07, 6.45) is -0.487. The van der Waals surface area contributed by atoms with Crippen molar-refractivity contribution < 1.29 is 14.3 Å². The summed E-state index contributed by atoms with van der Waals surface area (Å²) in [5.74, 6) is 0. The van der Waals surface area contributed by atoms with Gasteiger partial charge in [0, 0.05) is 23.4 Å². The summed E-state index contributed by atoms with van der Waals surface area (Å²) in [5.41, 5.74) is 3.40. The Balaban J connectivity index is 1.89. The van der Waals surface area contributed by atoms with Crippen molar-refractivity contribution in [3.63, 3.8) is 0 Å². The van der Waals surface area contributed by atoms with E-state index in [4.69, 9.17) is 9.47 Å². The Hall–Kier alpha value is -1.67. The molecule has 1 amide bonds. The standard InChI is InChI=1S/C17H25N3O4/c1-12-8-14(19-11-15(10-18-3)24-17(19)21)9-13(2)16(12)20(22)4-6-23-7-5-20/h8-9,15,18H,4-7,10-11H2,1-3H3/t15-/m0/s1. The highest BCUT2D eigenvalue weighted by molar-refractivity contribution is 5.90. The van der Waals surface area contributed by atoms with Crippen molar-refractivity contribution in [1.82, 2.24) is 9.96 Å². The highest BCUT2D eigenvalue weighted by Gasteiger charge is 2.34. The minimum absolute atomic E-state index is 0.153. The molecule has 1 aromatic carbocycles. The summed E-state index contributed by atoms with van der Waals surface area (Å²) in [5, 5.41) is 16.2. The van der Waals surface area contributed by atoms with Gasteiger partial charge in [0.05, 0.1) is 19.8 Å². The first-order chi connectivity index (χ1) is 11.4. The van der Waals surface area contributed by atoms with Gasteiger partial charge in [-0.1, -0.05) is 0 Å². The summed E-state index contributed by atoms with van der Waals surface area (Å²) in [6, 6.07) is 3.83. The van der Waals surface area contributed by atoms with Crippen molar-refractivity contribution in [1.29, 1.82) is 0 Å². The van der Waals surface area contributed by atoms with E-state index < -0.39 is 0 Å². The highest BCUT2D eigenvalue weighted by Crippen LogP contribution is 2.35. The van der Waals surface area contributed by atoms with Crippen molar-refractivity contribution in [2.75, 3.05) is 51.3 Å². The number of rotatable bonds is 4. The Bertz CT molecular complexity index is 605. The maximum atomic E-state index is 13.1. The van der Waals surface area contributed by atoms with Gasteiger partial charge in [-0.3, -0.25) is 4.90 Å². The number of quaternary nitrogens is 1. The number of anilines is 1. The van der Waals surface area contributed by atoms with E-state index in [1.54, 1.807) is 4.90 Å². The van der Waals surface area contributed by atoms with Crippen LogP contribution in [0.4, 0.5) is 16.2 Å². The van der Waals surface area contributed by atoms with E-state index in [1.807, 2.05) is 33.0 Å². The number of likely N-dealkylation sites (N-methyl/N-ethyl adjacent to an activating group) is 1. The summed E-state index contributed by atoms with van der Waals surface area (Å²) < 4.78 is 10.3. The number of carbonyl (C=O) groups is 1. The molecule has 7 heteroatoms. The third kappa shape index (κ3) is 3.12. The Morgan fingerprint density at radius 3 is 2.50 bits per heavy atom. The molecule has 132 valence electrons. The summed E-state index contributed by atoms with van der Waals surface area (Å²) >= 11 is 0. The minimum Gasteiger partial charge on any atom is -0.627 e. The molecule has 0 bridgehead atoms. The van der Waals surface area contributed by atoms with Gasteiger partial charge in [-0.05, 0) is 33.0 Å². The molecule has 2 aliphatic rings. The Morgan fingerprint density at radius 2 is 1.92 bits per heavy atom. The molecular weight excluding hydrogens is 310 g/mol. The van der Waals surface area contributed by atoms with Gasteiger partial charge >= 0.3 is 6.09 Å². The zero-order chi connectivity index (χ0) is 17.3. The number of cyclic esters (lactones) is 1. The van der Waals surface area contributed by atoms with Crippen LogP contribution in [0.25, 0.3) is 0 Å². The van der Waals surface area contributed by atoms with Crippen molar-refractivity contribution in [2.45, 2.75) is 20.0 Å². The molecule has 2 heterocycles. The van der Waals surface area contributed by atoms with Crippen LogP contribution in [0.5, 0.6) is 0 Å². The van der Waals surface area contributed by atoms with E-state index in [9.17, 15) is 10.0 Å². The van der Waals surface area contributed by atoms with Crippen LogP contribution < -0.4 is 14.9 Å². The predicted molar refractivity (Wildman–Crippen MR) is 93.2 cm³/mol. The lowest BCUT2D eigenvalue weighted by atomic mass is 10.0. The van der Waals surface area contributed by atoms with Gasteiger partial charge in [0.15, 0.2) is 0 Å². The van der Waals surface area contributed by atoms with Gasteiger partial charge in [-0.2, -0.15) is 0 Å². The second-order valence-electron chi connectivity index (χ2n) is 6.55. The zero-order valence-corrected chi connectivity index (χ0v) is 14.5. The average molecular weight is 335 g/mol. The van der Waals surface area contributed by atoms with Crippen molar-refractivity contribution in [3.05, 3.63) is 28.5 Å². The number of ether oxygens (including phenoxy) is 2. The van der Waals surface area contributed by atoms with Crippen LogP contribution in [-0.2, 0) is 9.47 Å². The number of benzene rings is 1. The van der Waals surface area contributed by atoms with Crippen molar-refractivity contribution >= 4 is 17.5 Å². The topological polar surface area (TPSA) is 73.9 Å². The first-order valence-electron chi connectivity index (χ1n) is 8.35. The number of morpholine rings is 1. The lowest BCUT2D eigenvalue weighted by molar-refractivity contribution is 0.0611. The van der Waals surface area contributed by atoms with Gasteiger partial charge in [-0.25, -0.2) is 4.79 Å². The van der Waals surface area contributed by atoms with Gasteiger partial charge in [0.2, 0.25) is 0 Å². The molecule has 2 fully saturated rings. The summed E-state index contributed by atoms with van der Waals surface area (Å²) in [4.78, 5) is 13.8. The van der Waals surface area contributed by atoms with E-state index in [0.29, 0.717) is 39.4 Å². The van der Waals surface area contributed by atoms with Crippen LogP contribution in [0.1, 0.15) is 11.1 Å². The molecule has 3 rings (SSSR count). The fourth-order valence-electron chi connectivity index (χ4n) is 3.66. The molecule has 1 N–H and O–H groups in total. The van der Waals surface area contributed by atoms with E-state index in [0.717, 1.165) is 22.5 Å². The Morgan fingerprint density at radius 1 is 1.29 bits per heavy atom. The molecule has 0 saturated carbocycles. The number of hydrogen-bond donors (Lipinski definition) is 1. The lowest BCUT2D eigenvalue weighted by Crippen LogP contribution is -2.52. The number of hydrogen-bond acceptors (Lipinski definition) is 5. The van der Waals surface area contributed by atoms with Gasteiger partial charge in [0.1, 0.15) is 24.9 Å². The van der Waals surface area contributed by atoms with Crippen LogP contribution in [0.3, 0.4) is 0 Å². The van der Waals surface area contributed by atoms with E-state index in [2.05, 4.69) is 5.32 Å². The molecule has 0 spiro atoms. The van der Waals surface area contributed by atoms with Gasteiger partial charge in [-0.15, -0.1) is 0 Å². The average Bonchev–Trinajstić information content (AvgIpc) is 2.88. The van der Waals surface area contributed by atoms with Crippen LogP contribution in [0, 0.1) is 19.1 Å². The number of aryl methyl sites for hydroxylation is 2. The number of hydroxylamine groups is 2. The molecule has 2 saturated heterocycles. The first-order valence-corrected chi connectivity index (χ1v) is 8.35. The second-order valence-corrected chi connectivity index (χ2v) is 6.55. The second kappa shape index (κ2) is 6.68. The number of amides is 1. The maximum Gasteiger partial charge on any atom is 0.414 e. The number of nitrogens with zero attached hydrogens (tertiary/aromatic N) is 2. The normalized spacial score (nSPS) is 23.4. The largest absolute Gasteiger partial charge is 0.627 e. The van der Waals surface area contributed by atoms with Crippen LogP contribution in [0.2, 0.25) is 0 Å². The minimum atomic E-state index is -0.356. The van der Waals surface area contributed by atoms with Crippen LogP contribution in [0.15, 0.2) is 12.1 Å². The smallest absolute Gasteiger partial charge is 0.414 e. The summed E-state index contributed by atoms with van der Waals surface area (Å²) in [7, 11) is 1.83. The first kappa shape index (κ1) is 17.2. The maximum absolute atomic E-state index is 13.1. The number of carbonyl (C=O) groups excluding carboxylic acids is 1. The quantitative estimate of drug-likeness (QED) is 0.669. The fraction of sp³-hybridized carbons (Fsp3) is 0.588. The SMILES string of the molecule is CNC[C@H]1CN(c2cc(C)c([N+]3([O-])CCOCC3)c(C)c2)C(=O)O1. The predicted octanol–water partition coefficient (Wildman–Crippen LogP) is 1.68. The summed E-state index contributed by atoms with van der Waals surface area (Å²) in [6.45, 7) is 6.83. The molecule has 0 radical (unpaired) electrons. The number of nitrogens with one attached hydrogen (secondary N) is 1. The van der Waals surface area contributed by atoms with Gasteiger partial charge < -0.3 is 24.6 Å². The van der Waals surface area contributed by atoms with Crippen LogP contribution >= 0.6 is 0 Å². The van der Waals surface area contributed by atoms with E-state index in [1.165, 1.54) is 0 Å². The molecule has 0 unspecified atom stereocenters. The molecular formula is C17H25N3O4. The van der Waals surface area contributed by atoms with E-state index in [-0.39, 0.29) is 16.8 Å². The monoisotopic (exact) mass is 335 g/mol. The molecule has 24 heavy (non-hydrogen) atoms. The molecule has 1 aromatic rings. The lowest BCUT2D eigenvalue weighted by Gasteiger charge is -2.46. The fourth-order valence-corrected chi connectivity index (χ4v) is 3.66. The molecule has 1 atom stereocenters. The van der Waals surface area contributed by atoms with E-state index >= 15 is 0 Å². The molecule has 2 aliphatic heterocycles. The molecule has 7 nitrogen and oxygen atoms in total. The van der Waals surface area contributed by atoms with Crippen LogP contribution in [-0.4, -0.2) is 58.6 Å². The third-order valence-electron chi connectivity index (χ3n) is 4.69. The Labute approximate surface area is 142 Å². The molecule has 0 aromatic heterocycles. The molecule has 0 aliphatic carbocycles. The van der Waals surface area contributed by atoms with Crippen molar-refractivity contribution in [3.8, 4) is 0 Å². The van der Waals surface area contributed by atoms with Gasteiger partial charge in [0.25, 0.3) is 0 Å². The zero-order valence-electron chi connectivity index (χ0n) is 14.5. The van der Waals surface area contributed by atoms with Crippen molar-refractivity contribution in [2.24, 2.45) is 0 Å². The highest BCUT2D eigenvalue weighted by atomic mass is 16.6. The third-order valence-corrected chi connectivity index (χ3v) is 4.69.